The highest BCUT2D eigenvalue weighted by Gasteiger charge is 2.06. The third-order valence-electron chi connectivity index (χ3n) is 3.49. The molecule has 3 heteroatoms. The number of nitrogens with zero attached hydrogens (tertiary/aromatic N) is 2. The number of aromatic nitrogens is 3. The van der Waals surface area contributed by atoms with E-state index in [0.29, 0.717) is 0 Å². The lowest BCUT2D eigenvalue weighted by Gasteiger charge is -2.05. The Morgan fingerprint density at radius 2 is 1.80 bits per heavy atom. The zero-order chi connectivity index (χ0) is 13.9. The molecule has 1 N–H and O–H groups in total. The van der Waals surface area contributed by atoms with Crippen LogP contribution >= 0.6 is 0 Å². The molecule has 0 saturated carbocycles. The van der Waals surface area contributed by atoms with E-state index in [9.17, 15) is 0 Å². The zero-order valence-corrected chi connectivity index (χ0v) is 11.7. The van der Waals surface area contributed by atoms with Crippen molar-refractivity contribution in [3.05, 3.63) is 71.2 Å². The van der Waals surface area contributed by atoms with Crippen LogP contribution in [0.5, 0.6) is 0 Å². The summed E-state index contributed by atoms with van der Waals surface area (Å²) in [5, 5.41) is 7.51. The second kappa shape index (κ2) is 5.29. The van der Waals surface area contributed by atoms with Gasteiger partial charge in [0.1, 0.15) is 0 Å². The first-order valence-electron chi connectivity index (χ1n) is 6.73. The van der Waals surface area contributed by atoms with Crippen molar-refractivity contribution in [3.8, 4) is 11.3 Å². The number of aromatic amines is 1. The maximum Gasteiger partial charge on any atom is 0.0924 e. The van der Waals surface area contributed by atoms with Crippen LogP contribution < -0.4 is 0 Å². The van der Waals surface area contributed by atoms with E-state index in [1.807, 2.05) is 12.1 Å². The summed E-state index contributed by atoms with van der Waals surface area (Å²) < 4.78 is 0. The first kappa shape index (κ1) is 12.6. The van der Waals surface area contributed by atoms with Crippen LogP contribution in [0.15, 0.2) is 48.8 Å². The van der Waals surface area contributed by atoms with Crippen LogP contribution in [-0.4, -0.2) is 15.2 Å². The van der Waals surface area contributed by atoms with Gasteiger partial charge < -0.3 is 0 Å². The lowest BCUT2D eigenvalue weighted by molar-refractivity contribution is 0.990. The Morgan fingerprint density at radius 1 is 1.00 bits per heavy atom. The molecule has 0 bridgehead atoms. The molecule has 3 nitrogen and oxygen atoms in total. The molecule has 0 aliphatic heterocycles. The zero-order valence-electron chi connectivity index (χ0n) is 11.7. The van der Waals surface area contributed by atoms with Crippen molar-refractivity contribution in [2.24, 2.45) is 0 Å². The Balaban J connectivity index is 1.86. The predicted octanol–water partition coefficient (Wildman–Crippen LogP) is 3.68. The fourth-order valence-electron chi connectivity index (χ4n) is 2.32. The van der Waals surface area contributed by atoms with Crippen molar-refractivity contribution < 1.29 is 0 Å². The van der Waals surface area contributed by atoms with E-state index in [2.05, 4.69) is 53.3 Å². The van der Waals surface area contributed by atoms with Gasteiger partial charge in [0.05, 0.1) is 5.69 Å². The quantitative estimate of drug-likeness (QED) is 0.783. The normalized spacial score (nSPS) is 10.7. The van der Waals surface area contributed by atoms with E-state index in [0.717, 1.165) is 23.4 Å². The number of aryl methyl sites for hydroxylation is 2. The number of H-pyrrole nitrogens is 1. The van der Waals surface area contributed by atoms with Gasteiger partial charge in [0, 0.05) is 30.1 Å². The van der Waals surface area contributed by atoms with Crippen LogP contribution in [0.4, 0.5) is 0 Å². The molecule has 0 fully saturated rings. The van der Waals surface area contributed by atoms with E-state index in [1.165, 1.54) is 16.7 Å². The molecule has 0 unspecified atom stereocenters. The minimum absolute atomic E-state index is 0.881. The van der Waals surface area contributed by atoms with Gasteiger partial charge in [-0.3, -0.25) is 10.1 Å². The number of benzene rings is 1. The van der Waals surface area contributed by atoms with Crippen LogP contribution in [0.25, 0.3) is 11.3 Å². The van der Waals surface area contributed by atoms with Crippen molar-refractivity contribution in [1.29, 1.82) is 0 Å². The second-order valence-electron chi connectivity index (χ2n) is 5.12. The highest BCUT2D eigenvalue weighted by molar-refractivity contribution is 5.58. The Labute approximate surface area is 118 Å². The summed E-state index contributed by atoms with van der Waals surface area (Å²) in [5.74, 6) is 0. The van der Waals surface area contributed by atoms with Crippen molar-refractivity contribution >= 4 is 0 Å². The average molecular weight is 263 g/mol. The van der Waals surface area contributed by atoms with Crippen molar-refractivity contribution in [2.45, 2.75) is 20.3 Å². The molecule has 0 atom stereocenters. The molecule has 2 aromatic heterocycles. The number of rotatable bonds is 3. The van der Waals surface area contributed by atoms with Crippen LogP contribution in [-0.2, 0) is 6.42 Å². The SMILES string of the molecule is Cc1ccc(C)c(Cc2cc(-c3ccncc3)n[nH]2)c1. The van der Waals surface area contributed by atoms with Gasteiger partial charge >= 0.3 is 0 Å². The average Bonchev–Trinajstić information content (AvgIpc) is 2.92. The number of nitrogens with one attached hydrogen (secondary N) is 1. The lowest BCUT2D eigenvalue weighted by Crippen LogP contribution is -1.93. The summed E-state index contributed by atoms with van der Waals surface area (Å²) in [5.41, 5.74) is 7.13. The van der Waals surface area contributed by atoms with E-state index < -0.39 is 0 Å². The van der Waals surface area contributed by atoms with Gasteiger partial charge in [0.2, 0.25) is 0 Å². The minimum atomic E-state index is 0.881. The fourth-order valence-corrected chi connectivity index (χ4v) is 2.32. The first-order valence-corrected chi connectivity index (χ1v) is 6.73. The van der Waals surface area contributed by atoms with Gasteiger partial charge in [-0.2, -0.15) is 5.10 Å². The standard InChI is InChI=1S/C17H17N3/c1-12-3-4-13(2)15(9-12)10-16-11-17(20-19-16)14-5-7-18-8-6-14/h3-9,11H,10H2,1-2H3,(H,19,20). The van der Waals surface area contributed by atoms with Gasteiger partial charge in [-0.1, -0.05) is 23.8 Å². The molecule has 0 aliphatic rings. The number of hydrogen-bond donors (Lipinski definition) is 1. The summed E-state index contributed by atoms with van der Waals surface area (Å²) >= 11 is 0. The van der Waals surface area contributed by atoms with Crippen LogP contribution in [0.3, 0.4) is 0 Å². The number of pyridine rings is 1. The van der Waals surface area contributed by atoms with Gasteiger partial charge in [-0.05, 0) is 43.2 Å². The monoisotopic (exact) mass is 263 g/mol. The molecule has 0 aliphatic carbocycles. The molecule has 0 radical (unpaired) electrons. The maximum absolute atomic E-state index is 4.38. The smallest absolute Gasteiger partial charge is 0.0924 e. The fraction of sp³-hybridized carbons (Fsp3) is 0.176. The Morgan fingerprint density at radius 3 is 2.60 bits per heavy atom. The van der Waals surface area contributed by atoms with Crippen LogP contribution in [0.1, 0.15) is 22.4 Å². The summed E-state index contributed by atoms with van der Waals surface area (Å²) in [4.78, 5) is 4.03. The van der Waals surface area contributed by atoms with Gasteiger partial charge in [-0.25, -0.2) is 0 Å². The predicted molar refractivity (Wildman–Crippen MR) is 80.5 cm³/mol. The Hall–Kier alpha value is -2.42. The molecular formula is C17H17N3. The highest BCUT2D eigenvalue weighted by atomic mass is 15.1. The molecular weight excluding hydrogens is 246 g/mol. The molecule has 0 spiro atoms. The summed E-state index contributed by atoms with van der Waals surface area (Å²) in [6, 6.07) is 12.6. The molecule has 100 valence electrons. The van der Waals surface area contributed by atoms with E-state index in [-0.39, 0.29) is 0 Å². The van der Waals surface area contributed by atoms with Crippen molar-refractivity contribution in [2.75, 3.05) is 0 Å². The van der Waals surface area contributed by atoms with Crippen LogP contribution in [0, 0.1) is 13.8 Å². The molecule has 2 heterocycles. The third kappa shape index (κ3) is 2.62. The molecule has 20 heavy (non-hydrogen) atoms. The van der Waals surface area contributed by atoms with Crippen molar-refractivity contribution in [3.63, 3.8) is 0 Å². The summed E-state index contributed by atoms with van der Waals surface area (Å²) in [6.45, 7) is 4.27. The van der Waals surface area contributed by atoms with Gasteiger partial charge in [0.25, 0.3) is 0 Å². The van der Waals surface area contributed by atoms with Gasteiger partial charge in [-0.15, -0.1) is 0 Å². The van der Waals surface area contributed by atoms with Crippen LogP contribution in [0.2, 0.25) is 0 Å². The van der Waals surface area contributed by atoms with E-state index in [4.69, 9.17) is 0 Å². The van der Waals surface area contributed by atoms with Crippen molar-refractivity contribution in [1.82, 2.24) is 15.2 Å². The Kier molecular flexibility index (Phi) is 3.33. The number of hydrogen-bond acceptors (Lipinski definition) is 2. The molecule has 3 aromatic rings. The largest absolute Gasteiger partial charge is 0.282 e. The Bertz CT molecular complexity index is 714. The van der Waals surface area contributed by atoms with E-state index in [1.54, 1.807) is 12.4 Å². The van der Waals surface area contributed by atoms with E-state index >= 15 is 0 Å². The highest BCUT2D eigenvalue weighted by Crippen LogP contribution is 2.19. The maximum atomic E-state index is 4.38. The first-order chi connectivity index (χ1) is 9.72. The van der Waals surface area contributed by atoms with Gasteiger partial charge in [0.15, 0.2) is 0 Å². The summed E-state index contributed by atoms with van der Waals surface area (Å²) in [7, 11) is 0. The molecule has 0 saturated heterocycles. The molecule has 3 rings (SSSR count). The summed E-state index contributed by atoms with van der Waals surface area (Å²) in [6.07, 6.45) is 4.45. The lowest BCUT2D eigenvalue weighted by atomic mass is 10.0. The topological polar surface area (TPSA) is 41.6 Å². The molecule has 1 aromatic carbocycles. The molecule has 0 amide bonds. The third-order valence-corrected chi connectivity index (χ3v) is 3.49. The second-order valence-corrected chi connectivity index (χ2v) is 5.12. The minimum Gasteiger partial charge on any atom is -0.282 e.